The zero-order valence-electron chi connectivity index (χ0n) is 16.4. The van der Waals surface area contributed by atoms with E-state index in [1.54, 1.807) is 12.5 Å². The zero-order chi connectivity index (χ0) is 20.3. The molecule has 5 rings (SSSR count). The van der Waals surface area contributed by atoms with Crippen molar-refractivity contribution in [1.82, 2.24) is 19.9 Å². The lowest BCUT2D eigenvalue weighted by molar-refractivity contribution is 0.139. The number of fused-ring (bicyclic) bond motifs is 1. The molecular weight excluding hydrogens is 382 g/mol. The molecule has 1 atom stereocenters. The predicted octanol–water partition coefficient (Wildman–Crippen LogP) is 1.79. The van der Waals surface area contributed by atoms with E-state index >= 15 is 0 Å². The van der Waals surface area contributed by atoms with Gasteiger partial charge in [0.25, 0.3) is 0 Å². The van der Waals surface area contributed by atoms with E-state index in [2.05, 4.69) is 41.9 Å². The molecule has 30 heavy (non-hydrogen) atoms. The van der Waals surface area contributed by atoms with Gasteiger partial charge in [-0.1, -0.05) is 0 Å². The summed E-state index contributed by atoms with van der Waals surface area (Å²) < 4.78 is 11.5. The van der Waals surface area contributed by atoms with Crippen molar-refractivity contribution in [1.29, 1.82) is 5.26 Å². The van der Waals surface area contributed by atoms with Crippen LogP contribution in [0, 0.1) is 11.3 Å². The maximum Gasteiger partial charge on any atom is 0.224 e. The third-order valence-electron chi connectivity index (χ3n) is 5.47. The monoisotopic (exact) mass is 403 g/mol. The van der Waals surface area contributed by atoms with E-state index in [-0.39, 0.29) is 6.10 Å². The van der Waals surface area contributed by atoms with Crippen molar-refractivity contribution in [2.45, 2.75) is 12.5 Å². The molecule has 1 unspecified atom stereocenters. The van der Waals surface area contributed by atoms with Gasteiger partial charge in [0.2, 0.25) is 5.88 Å². The van der Waals surface area contributed by atoms with Gasteiger partial charge >= 0.3 is 0 Å². The Hall–Kier alpha value is -3.51. The Balaban J connectivity index is 1.32. The van der Waals surface area contributed by atoms with Crippen molar-refractivity contribution in [3.63, 3.8) is 0 Å². The minimum atomic E-state index is 0.0452. The zero-order valence-corrected chi connectivity index (χ0v) is 16.4. The first-order chi connectivity index (χ1) is 14.8. The fraction of sp³-hybridized carbons (Fsp3) is 0.381. The predicted molar refractivity (Wildman–Crippen MR) is 111 cm³/mol. The molecule has 0 N–H and O–H groups in total. The quantitative estimate of drug-likeness (QED) is 0.645. The van der Waals surface area contributed by atoms with Gasteiger partial charge in [-0.2, -0.15) is 5.26 Å². The first kappa shape index (κ1) is 18.5. The van der Waals surface area contributed by atoms with E-state index < -0.39 is 0 Å². The molecule has 0 bridgehead atoms. The number of ether oxygens (including phenoxy) is 2. The summed E-state index contributed by atoms with van der Waals surface area (Å²) in [5.41, 5.74) is 2.32. The van der Waals surface area contributed by atoms with E-state index in [1.165, 1.54) is 6.20 Å². The molecule has 2 aromatic heterocycles. The Bertz CT molecular complexity index is 1070. The summed E-state index contributed by atoms with van der Waals surface area (Å²) >= 11 is 0. The molecule has 0 spiro atoms. The number of piperazine rings is 1. The largest absolute Gasteiger partial charge is 0.471 e. The molecule has 2 saturated heterocycles. The Morgan fingerprint density at radius 1 is 1.03 bits per heavy atom. The van der Waals surface area contributed by atoms with Crippen LogP contribution in [-0.2, 0) is 4.74 Å². The standard InChI is InChI=1S/C21H21N7O2/c22-10-15-11-24-20(12-23-15)28-6-4-27(5-7-28)16-1-2-19-18(9-16)21(26-14-25-19)30-17-3-8-29-13-17/h1-2,9,11-12,14,17H,3-8,13H2. The number of aromatic nitrogens is 4. The topological polar surface area (TPSA) is 100 Å². The van der Waals surface area contributed by atoms with Gasteiger partial charge < -0.3 is 19.3 Å². The molecule has 1 aromatic carbocycles. The molecule has 4 heterocycles. The van der Waals surface area contributed by atoms with E-state index in [0.29, 0.717) is 18.2 Å². The van der Waals surface area contributed by atoms with Gasteiger partial charge in [-0.25, -0.2) is 19.9 Å². The second-order valence-electron chi connectivity index (χ2n) is 7.33. The van der Waals surface area contributed by atoms with Crippen LogP contribution in [0.3, 0.4) is 0 Å². The molecule has 2 aliphatic heterocycles. The lowest BCUT2D eigenvalue weighted by Crippen LogP contribution is -2.46. The van der Waals surface area contributed by atoms with E-state index in [0.717, 1.165) is 61.6 Å². The molecule has 0 radical (unpaired) electrons. The Labute approximate surface area is 173 Å². The number of hydrogen-bond acceptors (Lipinski definition) is 9. The van der Waals surface area contributed by atoms with Gasteiger partial charge in [-0.05, 0) is 18.2 Å². The summed E-state index contributed by atoms with van der Waals surface area (Å²) in [5, 5.41) is 9.80. The van der Waals surface area contributed by atoms with Crippen molar-refractivity contribution in [2.24, 2.45) is 0 Å². The SMILES string of the molecule is N#Cc1cnc(N2CCN(c3ccc4ncnc(OC5CCOC5)c4c3)CC2)cn1. The van der Waals surface area contributed by atoms with Gasteiger partial charge in [-0.3, -0.25) is 0 Å². The van der Waals surface area contributed by atoms with Crippen LogP contribution in [0.4, 0.5) is 11.5 Å². The van der Waals surface area contributed by atoms with Crippen LogP contribution in [-0.4, -0.2) is 65.4 Å². The van der Waals surface area contributed by atoms with E-state index in [9.17, 15) is 0 Å². The minimum Gasteiger partial charge on any atom is -0.471 e. The second-order valence-corrected chi connectivity index (χ2v) is 7.33. The summed E-state index contributed by atoms with van der Waals surface area (Å²) in [4.78, 5) is 21.7. The van der Waals surface area contributed by atoms with Crippen LogP contribution in [0.25, 0.3) is 10.9 Å². The van der Waals surface area contributed by atoms with Crippen LogP contribution in [0.2, 0.25) is 0 Å². The van der Waals surface area contributed by atoms with E-state index in [1.807, 2.05) is 12.1 Å². The van der Waals surface area contributed by atoms with Crippen LogP contribution in [0.15, 0.2) is 36.9 Å². The van der Waals surface area contributed by atoms with Gasteiger partial charge in [0, 0.05) is 38.3 Å². The van der Waals surface area contributed by atoms with Crippen molar-refractivity contribution in [3.05, 3.63) is 42.6 Å². The Morgan fingerprint density at radius 2 is 1.90 bits per heavy atom. The fourth-order valence-electron chi connectivity index (χ4n) is 3.81. The molecule has 9 heteroatoms. The first-order valence-corrected chi connectivity index (χ1v) is 10.0. The summed E-state index contributed by atoms with van der Waals surface area (Å²) in [5.74, 6) is 1.42. The van der Waals surface area contributed by atoms with Gasteiger partial charge in [-0.15, -0.1) is 0 Å². The third kappa shape index (κ3) is 3.69. The molecule has 9 nitrogen and oxygen atoms in total. The highest BCUT2D eigenvalue weighted by atomic mass is 16.5. The molecule has 3 aromatic rings. The fourth-order valence-corrected chi connectivity index (χ4v) is 3.81. The Kier molecular flexibility index (Phi) is 4.99. The molecule has 152 valence electrons. The summed E-state index contributed by atoms with van der Waals surface area (Å²) in [6.45, 7) is 4.69. The van der Waals surface area contributed by atoms with Crippen molar-refractivity contribution < 1.29 is 9.47 Å². The van der Waals surface area contributed by atoms with Gasteiger partial charge in [0.15, 0.2) is 5.69 Å². The molecule has 0 amide bonds. The van der Waals surface area contributed by atoms with Gasteiger partial charge in [0.1, 0.15) is 24.3 Å². The number of nitrogens with zero attached hydrogens (tertiary/aromatic N) is 7. The highest BCUT2D eigenvalue weighted by molar-refractivity contribution is 5.86. The average molecular weight is 403 g/mol. The van der Waals surface area contributed by atoms with Crippen LogP contribution < -0.4 is 14.5 Å². The normalized spacial score (nSPS) is 19.1. The Morgan fingerprint density at radius 3 is 2.63 bits per heavy atom. The summed E-state index contributed by atoms with van der Waals surface area (Å²) in [7, 11) is 0. The molecule has 0 aliphatic carbocycles. The highest BCUT2D eigenvalue weighted by Crippen LogP contribution is 2.29. The van der Waals surface area contributed by atoms with Gasteiger partial charge in [0.05, 0.1) is 36.5 Å². The van der Waals surface area contributed by atoms with E-state index in [4.69, 9.17) is 14.7 Å². The molecule has 2 aliphatic rings. The minimum absolute atomic E-state index is 0.0452. The number of rotatable bonds is 4. The van der Waals surface area contributed by atoms with Crippen molar-refractivity contribution in [3.8, 4) is 11.9 Å². The lowest BCUT2D eigenvalue weighted by atomic mass is 10.2. The number of anilines is 2. The summed E-state index contributed by atoms with van der Waals surface area (Å²) in [6, 6.07) is 8.22. The number of hydrogen-bond donors (Lipinski definition) is 0. The highest BCUT2D eigenvalue weighted by Gasteiger charge is 2.21. The smallest absolute Gasteiger partial charge is 0.224 e. The molecule has 0 saturated carbocycles. The molecule has 2 fully saturated rings. The average Bonchev–Trinajstić information content (AvgIpc) is 3.32. The van der Waals surface area contributed by atoms with Crippen molar-refractivity contribution in [2.75, 3.05) is 49.2 Å². The lowest BCUT2D eigenvalue weighted by Gasteiger charge is -2.36. The van der Waals surface area contributed by atoms with Crippen LogP contribution in [0.5, 0.6) is 5.88 Å². The van der Waals surface area contributed by atoms with Crippen LogP contribution >= 0.6 is 0 Å². The molecular formula is C21H21N7O2. The van der Waals surface area contributed by atoms with Crippen LogP contribution in [0.1, 0.15) is 12.1 Å². The van der Waals surface area contributed by atoms with Crippen molar-refractivity contribution >= 4 is 22.4 Å². The maximum atomic E-state index is 8.88. The number of nitriles is 1. The second kappa shape index (κ2) is 8.08. The first-order valence-electron chi connectivity index (χ1n) is 10.0. The number of benzene rings is 1. The summed E-state index contributed by atoms with van der Waals surface area (Å²) in [6.07, 6.45) is 5.65. The maximum absolute atomic E-state index is 8.88. The third-order valence-corrected chi connectivity index (χ3v) is 5.47.